The molecule has 1 atom stereocenters. The highest BCUT2D eigenvalue weighted by Crippen LogP contribution is 2.13. The molecule has 1 aromatic heterocycles. The molecule has 1 unspecified atom stereocenters. The fraction of sp³-hybridized carbons (Fsp3) is 0.500. The molecule has 2 amide bonds. The van der Waals surface area contributed by atoms with Crippen molar-refractivity contribution >= 4 is 11.8 Å². The molecule has 0 saturated carbocycles. The minimum atomic E-state index is -0.425. The van der Waals surface area contributed by atoms with Crippen LogP contribution in [0.15, 0.2) is 18.2 Å². The summed E-state index contributed by atoms with van der Waals surface area (Å²) in [6, 6.07) is 5.26. The van der Waals surface area contributed by atoms with E-state index in [0.717, 1.165) is 11.4 Å². The zero-order chi connectivity index (χ0) is 14.0. The monoisotopic (exact) mass is 261 g/mol. The average molecular weight is 261 g/mol. The molecule has 1 N–H and O–H groups in total. The molecule has 0 spiro atoms. The number of amides is 2. The molecule has 0 aliphatic carbocycles. The van der Waals surface area contributed by atoms with E-state index < -0.39 is 6.04 Å². The van der Waals surface area contributed by atoms with Crippen molar-refractivity contribution < 1.29 is 9.59 Å². The van der Waals surface area contributed by atoms with Gasteiger partial charge in [0.1, 0.15) is 12.6 Å². The molecule has 1 aromatic rings. The third kappa shape index (κ3) is 3.10. The summed E-state index contributed by atoms with van der Waals surface area (Å²) >= 11 is 0. The standard InChI is InChI=1S/C14H19N3O2/c1-9(2)13-14(19)17(8-12(18)16-13)7-11-6-4-5-10(3)15-11/h4-6,9,13H,7-8H2,1-3H3,(H,16,18). The summed E-state index contributed by atoms with van der Waals surface area (Å²) < 4.78 is 0. The maximum atomic E-state index is 12.3. The van der Waals surface area contributed by atoms with Crippen LogP contribution in [-0.2, 0) is 16.1 Å². The van der Waals surface area contributed by atoms with Gasteiger partial charge < -0.3 is 10.2 Å². The molecule has 2 rings (SSSR count). The summed E-state index contributed by atoms with van der Waals surface area (Å²) in [6.45, 7) is 6.26. The molecule has 5 nitrogen and oxygen atoms in total. The topological polar surface area (TPSA) is 62.3 Å². The second-order valence-corrected chi connectivity index (χ2v) is 5.25. The molecule has 1 saturated heterocycles. The molecular weight excluding hydrogens is 242 g/mol. The summed E-state index contributed by atoms with van der Waals surface area (Å²) in [6.07, 6.45) is 0. The van der Waals surface area contributed by atoms with Crippen molar-refractivity contribution in [2.24, 2.45) is 5.92 Å². The van der Waals surface area contributed by atoms with Gasteiger partial charge in [0.25, 0.3) is 0 Å². The predicted molar refractivity (Wildman–Crippen MR) is 71.2 cm³/mol. The van der Waals surface area contributed by atoms with E-state index in [1.807, 2.05) is 39.0 Å². The lowest BCUT2D eigenvalue weighted by molar-refractivity contribution is -0.146. The van der Waals surface area contributed by atoms with Crippen molar-refractivity contribution in [1.29, 1.82) is 0 Å². The summed E-state index contributed by atoms with van der Waals surface area (Å²) in [7, 11) is 0. The van der Waals surface area contributed by atoms with Crippen molar-refractivity contribution in [2.45, 2.75) is 33.4 Å². The predicted octanol–water partition coefficient (Wildman–Crippen LogP) is 0.873. The van der Waals surface area contributed by atoms with Crippen LogP contribution in [0.5, 0.6) is 0 Å². The van der Waals surface area contributed by atoms with Gasteiger partial charge >= 0.3 is 0 Å². The minimum Gasteiger partial charge on any atom is -0.343 e. The van der Waals surface area contributed by atoms with Gasteiger partial charge in [-0.3, -0.25) is 14.6 Å². The van der Waals surface area contributed by atoms with Crippen LogP contribution >= 0.6 is 0 Å². The lowest BCUT2D eigenvalue weighted by Crippen LogP contribution is -2.59. The lowest BCUT2D eigenvalue weighted by Gasteiger charge is -2.34. The second kappa shape index (κ2) is 5.38. The maximum absolute atomic E-state index is 12.3. The fourth-order valence-corrected chi connectivity index (χ4v) is 2.20. The number of rotatable bonds is 3. The van der Waals surface area contributed by atoms with Gasteiger partial charge in [0.2, 0.25) is 11.8 Å². The third-order valence-corrected chi connectivity index (χ3v) is 3.19. The number of hydrogen-bond donors (Lipinski definition) is 1. The smallest absolute Gasteiger partial charge is 0.246 e. The molecule has 19 heavy (non-hydrogen) atoms. The summed E-state index contributed by atoms with van der Waals surface area (Å²) in [5.41, 5.74) is 1.72. The number of carbonyl (C=O) groups is 2. The van der Waals surface area contributed by atoms with E-state index in [4.69, 9.17) is 0 Å². The summed E-state index contributed by atoms with van der Waals surface area (Å²) in [4.78, 5) is 29.9. The van der Waals surface area contributed by atoms with Crippen LogP contribution in [-0.4, -0.2) is 34.3 Å². The Morgan fingerprint density at radius 2 is 2.16 bits per heavy atom. The molecule has 1 aliphatic rings. The van der Waals surface area contributed by atoms with Crippen molar-refractivity contribution in [2.75, 3.05) is 6.54 Å². The number of carbonyl (C=O) groups excluding carboxylic acids is 2. The van der Waals surface area contributed by atoms with Crippen LogP contribution < -0.4 is 5.32 Å². The molecule has 1 fully saturated rings. The molecule has 2 heterocycles. The van der Waals surface area contributed by atoms with Crippen molar-refractivity contribution in [3.63, 3.8) is 0 Å². The molecule has 0 aromatic carbocycles. The van der Waals surface area contributed by atoms with Gasteiger partial charge in [-0.05, 0) is 25.0 Å². The van der Waals surface area contributed by atoms with Crippen LogP contribution in [0.25, 0.3) is 0 Å². The van der Waals surface area contributed by atoms with Crippen LogP contribution in [0.3, 0.4) is 0 Å². The SMILES string of the molecule is Cc1cccc(CN2CC(=O)NC(C(C)C)C2=O)n1. The van der Waals surface area contributed by atoms with E-state index >= 15 is 0 Å². The van der Waals surface area contributed by atoms with Crippen LogP contribution in [0.1, 0.15) is 25.2 Å². The Hall–Kier alpha value is -1.91. The number of nitrogens with zero attached hydrogens (tertiary/aromatic N) is 2. The molecular formula is C14H19N3O2. The fourth-order valence-electron chi connectivity index (χ4n) is 2.20. The highest BCUT2D eigenvalue weighted by atomic mass is 16.2. The second-order valence-electron chi connectivity index (χ2n) is 5.25. The quantitative estimate of drug-likeness (QED) is 0.878. The van der Waals surface area contributed by atoms with Gasteiger partial charge in [-0.25, -0.2) is 0 Å². The average Bonchev–Trinajstić information content (AvgIpc) is 2.33. The number of aryl methyl sites for hydroxylation is 1. The van der Waals surface area contributed by atoms with Crippen molar-refractivity contribution in [3.8, 4) is 0 Å². The molecule has 102 valence electrons. The number of pyridine rings is 1. The van der Waals surface area contributed by atoms with Crippen LogP contribution in [0.4, 0.5) is 0 Å². The first-order chi connectivity index (χ1) is 8.97. The van der Waals surface area contributed by atoms with E-state index in [1.54, 1.807) is 4.90 Å². The third-order valence-electron chi connectivity index (χ3n) is 3.19. The normalized spacial score (nSPS) is 19.8. The van der Waals surface area contributed by atoms with Gasteiger partial charge in [0.15, 0.2) is 0 Å². The zero-order valence-corrected chi connectivity index (χ0v) is 11.5. The van der Waals surface area contributed by atoms with Crippen LogP contribution in [0.2, 0.25) is 0 Å². The molecule has 0 bridgehead atoms. The van der Waals surface area contributed by atoms with E-state index in [9.17, 15) is 9.59 Å². The first-order valence-electron chi connectivity index (χ1n) is 6.48. The van der Waals surface area contributed by atoms with Crippen LogP contribution in [0, 0.1) is 12.8 Å². The maximum Gasteiger partial charge on any atom is 0.246 e. The molecule has 1 aliphatic heterocycles. The Labute approximate surface area is 113 Å². The molecule has 0 radical (unpaired) electrons. The van der Waals surface area contributed by atoms with Gasteiger partial charge in [-0.2, -0.15) is 0 Å². The largest absolute Gasteiger partial charge is 0.343 e. The first-order valence-corrected chi connectivity index (χ1v) is 6.48. The van der Waals surface area contributed by atoms with Gasteiger partial charge in [-0.1, -0.05) is 19.9 Å². The molecule has 5 heteroatoms. The highest BCUT2D eigenvalue weighted by Gasteiger charge is 2.34. The number of hydrogen-bond acceptors (Lipinski definition) is 3. The Morgan fingerprint density at radius 1 is 1.42 bits per heavy atom. The minimum absolute atomic E-state index is 0.0297. The lowest BCUT2D eigenvalue weighted by atomic mass is 10.0. The van der Waals surface area contributed by atoms with E-state index in [1.165, 1.54) is 0 Å². The Kier molecular flexibility index (Phi) is 3.83. The highest BCUT2D eigenvalue weighted by molar-refractivity contribution is 5.94. The number of nitrogens with one attached hydrogen (secondary N) is 1. The Balaban J connectivity index is 2.14. The Bertz CT molecular complexity index is 499. The summed E-state index contributed by atoms with van der Waals surface area (Å²) in [5.74, 6) is -0.0476. The zero-order valence-electron chi connectivity index (χ0n) is 11.5. The van der Waals surface area contributed by atoms with Crippen molar-refractivity contribution in [3.05, 3.63) is 29.6 Å². The van der Waals surface area contributed by atoms with E-state index in [2.05, 4.69) is 10.3 Å². The van der Waals surface area contributed by atoms with E-state index in [-0.39, 0.29) is 24.3 Å². The number of piperazine rings is 1. The first kappa shape index (κ1) is 13.5. The van der Waals surface area contributed by atoms with Gasteiger partial charge in [0.05, 0.1) is 12.2 Å². The van der Waals surface area contributed by atoms with E-state index in [0.29, 0.717) is 6.54 Å². The van der Waals surface area contributed by atoms with Crippen molar-refractivity contribution in [1.82, 2.24) is 15.2 Å². The number of aromatic nitrogens is 1. The summed E-state index contributed by atoms with van der Waals surface area (Å²) in [5, 5.41) is 2.74. The van der Waals surface area contributed by atoms with Gasteiger partial charge in [-0.15, -0.1) is 0 Å². The van der Waals surface area contributed by atoms with Gasteiger partial charge in [0, 0.05) is 5.69 Å². The Morgan fingerprint density at radius 3 is 2.79 bits per heavy atom.